The number of methoxy groups -OCH3 is 1. The van der Waals surface area contributed by atoms with Gasteiger partial charge in [-0.3, -0.25) is 9.59 Å². The number of thiazole rings is 1. The fraction of sp³-hybridized carbons (Fsp3) is 0.500. The molecule has 0 aliphatic carbocycles. The molecule has 12 heteroatoms. The Morgan fingerprint density at radius 1 is 1.14 bits per heavy atom. The second kappa shape index (κ2) is 13.4. The standard InChI is InChI=1S/C30H39N5O6S/c1-16(2)9-18(28(37)31-5)10-27(36)35-14-20(12-25(35)29(38)39)41-26-13-23(24-15-42-30(34-24)32-17(3)4)33-22-11-19(40-6)7-8-21(22)26/h7-8,11,13,15-18,20,25H,9-10,12,14H2,1-6H3,(H,31,37)(H,32,34)(H,38,39)/t18-,20-,25+/m1/s1. The average molecular weight is 598 g/mol. The number of carboxylic acid groups (broad SMARTS) is 1. The number of carbonyl (C=O) groups is 3. The first-order valence-electron chi connectivity index (χ1n) is 14.1. The van der Waals surface area contributed by atoms with E-state index in [1.54, 1.807) is 13.2 Å². The van der Waals surface area contributed by atoms with Crippen LogP contribution in [0.25, 0.3) is 22.3 Å². The van der Waals surface area contributed by atoms with E-state index in [0.29, 0.717) is 34.8 Å². The fourth-order valence-corrected chi connectivity index (χ4v) is 6.04. The lowest BCUT2D eigenvalue weighted by Crippen LogP contribution is -2.42. The summed E-state index contributed by atoms with van der Waals surface area (Å²) in [5.41, 5.74) is 1.91. The minimum atomic E-state index is -1.10. The highest BCUT2D eigenvalue weighted by molar-refractivity contribution is 7.14. The first-order chi connectivity index (χ1) is 20.0. The van der Waals surface area contributed by atoms with Gasteiger partial charge in [-0.1, -0.05) is 13.8 Å². The average Bonchev–Trinajstić information content (AvgIpc) is 3.58. The Morgan fingerprint density at radius 2 is 1.90 bits per heavy atom. The molecule has 1 aliphatic rings. The van der Waals surface area contributed by atoms with Crippen LogP contribution in [0.3, 0.4) is 0 Å². The van der Waals surface area contributed by atoms with Gasteiger partial charge in [0.15, 0.2) is 5.13 Å². The Labute approximate surface area is 249 Å². The van der Waals surface area contributed by atoms with Crippen molar-refractivity contribution in [1.29, 1.82) is 0 Å². The Kier molecular flexibility index (Phi) is 9.87. The maximum absolute atomic E-state index is 13.4. The van der Waals surface area contributed by atoms with Crippen LogP contribution >= 0.6 is 11.3 Å². The van der Waals surface area contributed by atoms with Gasteiger partial charge in [-0.25, -0.2) is 14.8 Å². The molecule has 0 unspecified atom stereocenters. The van der Waals surface area contributed by atoms with Crippen LogP contribution in [-0.4, -0.2) is 76.6 Å². The summed E-state index contributed by atoms with van der Waals surface area (Å²) in [6.07, 6.45) is 0.00182. The van der Waals surface area contributed by atoms with E-state index < -0.39 is 24.0 Å². The predicted octanol–water partition coefficient (Wildman–Crippen LogP) is 4.42. The molecule has 1 fully saturated rings. The lowest BCUT2D eigenvalue weighted by molar-refractivity contribution is -0.149. The lowest BCUT2D eigenvalue weighted by atomic mass is 9.92. The minimum Gasteiger partial charge on any atom is -0.497 e. The van der Waals surface area contributed by atoms with Gasteiger partial charge in [0, 0.05) is 54.7 Å². The van der Waals surface area contributed by atoms with Crippen molar-refractivity contribution in [2.45, 2.75) is 65.1 Å². The van der Waals surface area contributed by atoms with Gasteiger partial charge in [-0.15, -0.1) is 11.3 Å². The van der Waals surface area contributed by atoms with Crippen LogP contribution in [0.15, 0.2) is 29.6 Å². The Bertz CT molecular complexity index is 1440. The van der Waals surface area contributed by atoms with Crippen molar-refractivity contribution in [3.63, 3.8) is 0 Å². The van der Waals surface area contributed by atoms with Gasteiger partial charge >= 0.3 is 5.97 Å². The summed E-state index contributed by atoms with van der Waals surface area (Å²) in [6, 6.07) is 6.44. The lowest BCUT2D eigenvalue weighted by Gasteiger charge is -2.24. The molecular weight excluding hydrogens is 558 g/mol. The maximum Gasteiger partial charge on any atom is 0.326 e. The van der Waals surface area contributed by atoms with E-state index in [9.17, 15) is 19.5 Å². The van der Waals surface area contributed by atoms with Gasteiger partial charge in [0.05, 0.1) is 24.9 Å². The molecule has 0 spiro atoms. The van der Waals surface area contributed by atoms with E-state index in [4.69, 9.17) is 14.5 Å². The number of anilines is 1. The highest BCUT2D eigenvalue weighted by atomic mass is 32.1. The number of aromatic nitrogens is 2. The van der Waals surface area contributed by atoms with Crippen LogP contribution in [0, 0.1) is 11.8 Å². The van der Waals surface area contributed by atoms with Crippen LogP contribution in [0.2, 0.25) is 0 Å². The number of hydrogen-bond acceptors (Lipinski definition) is 9. The topological polar surface area (TPSA) is 143 Å². The van der Waals surface area contributed by atoms with E-state index in [2.05, 4.69) is 15.6 Å². The molecule has 2 aromatic heterocycles. The molecule has 0 radical (unpaired) electrons. The predicted molar refractivity (Wildman–Crippen MR) is 162 cm³/mol. The largest absolute Gasteiger partial charge is 0.497 e. The third-order valence-corrected chi connectivity index (χ3v) is 7.89. The Hall–Kier alpha value is -3.93. The first-order valence-corrected chi connectivity index (χ1v) is 15.0. The molecule has 3 atom stereocenters. The van der Waals surface area contributed by atoms with Gasteiger partial charge < -0.3 is 30.1 Å². The highest BCUT2D eigenvalue weighted by Crippen LogP contribution is 2.35. The Balaban J connectivity index is 1.62. The molecule has 226 valence electrons. The van der Waals surface area contributed by atoms with Gasteiger partial charge in [-0.2, -0.15) is 0 Å². The molecule has 1 saturated heterocycles. The van der Waals surface area contributed by atoms with Crippen molar-refractivity contribution in [2.75, 3.05) is 26.0 Å². The summed E-state index contributed by atoms with van der Waals surface area (Å²) in [6.45, 7) is 8.13. The molecule has 4 rings (SSSR count). The van der Waals surface area contributed by atoms with E-state index in [0.717, 1.165) is 10.5 Å². The number of likely N-dealkylation sites (tertiary alicyclic amines) is 1. The summed E-state index contributed by atoms with van der Waals surface area (Å²) in [5.74, 6) is -0.895. The number of fused-ring (bicyclic) bond motifs is 1. The quantitative estimate of drug-likeness (QED) is 0.276. The summed E-state index contributed by atoms with van der Waals surface area (Å²) in [5, 5.41) is 19.3. The normalized spacial score (nSPS) is 17.5. The molecule has 11 nitrogen and oxygen atoms in total. The van der Waals surface area contributed by atoms with Crippen molar-refractivity contribution in [1.82, 2.24) is 20.2 Å². The molecule has 42 heavy (non-hydrogen) atoms. The van der Waals surface area contributed by atoms with Crippen LogP contribution < -0.4 is 20.1 Å². The molecule has 3 heterocycles. The summed E-state index contributed by atoms with van der Waals surface area (Å²) in [4.78, 5) is 48.8. The number of amides is 2. The van der Waals surface area contributed by atoms with Crippen LogP contribution in [0.5, 0.6) is 11.5 Å². The van der Waals surface area contributed by atoms with Crippen molar-refractivity contribution in [3.8, 4) is 22.9 Å². The number of benzene rings is 1. The van der Waals surface area contributed by atoms with Crippen LogP contribution in [0.4, 0.5) is 5.13 Å². The van der Waals surface area contributed by atoms with E-state index in [-0.39, 0.29) is 43.2 Å². The van der Waals surface area contributed by atoms with E-state index in [1.807, 2.05) is 51.3 Å². The number of carboxylic acids is 1. The molecule has 3 N–H and O–H groups in total. The number of pyridine rings is 1. The monoisotopic (exact) mass is 597 g/mol. The van der Waals surface area contributed by atoms with E-state index >= 15 is 0 Å². The summed E-state index contributed by atoms with van der Waals surface area (Å²) in [7, 11) is 3.12. The van der Waals surface area contributed by atoms with Gasteiger partial charge in [0.2, 0.25) is 11.8 Å². The number of hydrogen-bond donors (Lipinski definition) is 3. The van der Waals surface area contributed by atoms with Crippen molar-refractivity contribution >= 4 is 45.2 Å². The first kappa shape index (κ1) is 31.0. The van der Waals surface area contributed by atoms with Gasteiger partial charge in [0.1, 0.15) is 29.3 Å². The fourth-order valence-electron chi connectivity index (χ4n) is 5.19. The molecule has 1 aliphatic heterocycles. The number of aliphatic carboxylic acids is 1. The molecule has 0 bridgehead atoms. The highest BCUT2D eigenvalue weighted by Gasteiger charge is 2.42. The second-order valence-electron chi connectivity index (χ2n) is 11.2. The smallest absolute Gasteiger partial charge is 0.326 e. The SMILES string of the molecule is CNC(=O)[C@@H](CC(=O)N1C[C@H](Oc2cc(-c3csc(NC(C)C)n3)nc3cc(OC)ccc23)C[C@H]1C(=O)O)CC(C)C. The van der Waals surface area contributed by atoms with Crippen molar-refractivity contribution in [3.05, 3.63) is 29.6 Å². The maximum atomic E-state index is 13.4. The van der Waals surface area contributed by atoms with Crippen molar-refractivity contribution in [2.24, 2.45) is 11.8 Å². The third kappa shape index (κ3) is 7.28. The second-order valence-corrected chi connectivity index (χ2v) is 12.1. The third-order valence-electron chi connectivity index (χ3n) is 7.11. The molecule has 3 aromatic rings. The van der Waals surface area contributed by atoms with Gasteiger partial charge in [-0.05, 0) is 38.3 Å². The minimum absolute atomic E-state index is 0.0624. The number of carbonyl (C=O) groups excluding carboxylic acids is 2. The number of nitrogens with one attached hydrogen (secondary N) is 2. The zero-order valence-corrected chi connectivity index (χ0v) is 25.7. The Morgan fingerprint density at radius 3 is 2.55 bits per heavy atom. The number of ether oxygens (including phenoxy) is 2. The summed E-state index contributed by atoms with van der Waals surface area (Å²) >= 11 is 1.48. The van der Waals surface area contributed by atoms with Crippen molar-refractivity contribution < 1.29 is 29.0 Å². The molecular formula is C30H39N5O6S. The summed E-state index contributed by atoms with van der Waals surface area (Å²) < 4.78 is 11.8. The number of rotatable bonds is 12. The van der Waals surface area contributed by atoms with Gasteiger partial charge in [0.25, 0.3) is 0 Å². The molecule has 0 saturated carbocycles. The van der Waals surface area contributed by atoms with Crippen LogP contribution in [-0.2, 0) is 14.4 Å². The van der Waals surface area contributed by atoms with E-state index in [1.165, 1.54) is 23.3 Å². The molecule has 2 amide bonds. The number of nitrogens with zero attached hydrogens (tertiary/aromatic N) is 3. The van der Waals surface area contributed by atoms with Crippen LogP contribution in [0.1, 0.15) is 47.0 Å². The zero-order valence-electron chi connectivity index (χ0n) is 24.8. The molecule has 1 aromatic carbocycles. The zero-order chi connectivity index (χ0) is 30.6.